The van der Waals surface area contributed by atoms with Crippen molar-refractivity contribution in [1.82, 2.24) is 0 Å². The van der Waals surface area contributed by atoms with Crippen LogP contribution in [0.5, 0.6) is 0 Å². The van der Waals surface area contributed by atoms with Gasteiger partial charge in [-0.1, -0.05) is 24.6 Å². The van der Waals surface area contributed by atoms with Crippen LogP contribution < -0.4 is 4.90 Å². The van der Waals surface area contributed by atoms with Crippen LogP contribution in [0.25, 0.3) is 0 Å². The second-order valence-electron chi connectivity index (χ2n) is 5.26. The van der Waals surface area contributed by atoms with Gasteiger partial charge in [0.2, 0.25) is 0 Å². The van der Waals surface area contributed by atoms with Gasteiger partial charge < -0.3 is 10.0 Å². The van der Waals surface area contributed by atoms with Crippen molar-refractivity contribution >= 4 is 5.69 Å². The molecule has 1 aromatic rings. The molecule has 1 aromatic carbocycles. The lowest BCUT2D eigenvalue weighted by Gasteiger charge is -2.24. The van der Waals surface area contributed by atoms with E-state index in [-0.39, 0.29) is 6.10 Å². The predicted octanol–water partition coefficient (Wildman–Crippen LogP) is 2.98. The fourth-order valence-corrected chi connectivity index (χ4v) is 2.83. The summed E-state index contributed by atoms with van der Waals surface area (Å²) < 4.78 is 0. The van der Waals surface area contributed by atoms with Crippen molar-refractivity contribution in [3.63, 3.8) is 0 Å². The Morgan fingerprint density at radius 3 is 2.71 bits per heavy atom. The molecule has 2 unspecified atom stereocenters. The van der Waals surface area contributed by atoms with Crippen molar-refractivity contribution in [3.05, 3.63) is 29.8 Å². The molecule has 0 radical (unpaired) electrons. The number of hydrogen-bond donors (Lipinski definition) is 1. The van der Waals surface area contributed by atoms with E-state index in [9.17, 15) is 5.11 Å². The highest BCUT2D eigenvalue weighted by Gasteiger charge is 2.24. The van der Waals surface area contributed by atoms with Crippen LogP contribution in [-0.4, -0.2) is 24.8 Å². The summed E-state index contributed by atoms with van der Waals surface area (Å²) in [5, 5.41) is 9.81. The van der Waals surface area contributed by atoms with Crippen LogP contribution in [0.4, 0.5) is 5.69 Å². The summed E-state index contributed by atoms with van der Waals surface area (Å²) in [6, 6.07) is 8.48. The summed E-state index contributed by atoms with van der Waals surface area (Å²) in [4.78, 5) is 2.31. The van der Waals surface area contributed by atoms with Gasteiger partial charge in [0.1, 0.15) is 0 Å². The fraction of sp³-hybridized carbons (Fsp3) is 0.600. The average Bonchev–Trinajstić information content (AvgIpc) is 2.72. The molecule has 0 saturated heterocycles. The average molecular weight is 233 g/mol. The normalized spacial score (nSPS) is 23.9. The number of aliphatic hydroxyl groups excluding tert-OH is 1. The molecular weight excluding hydrogens is 210 g/mol. The SMILES string of the molecule is Cc1ccccc1N(C)CCC1CCCC1O. The first kappa shape index (κ1) is 12.4. The zero-order valence-electron chi connectivity index (χ0n) is 10.9. The third-order valence-corrected chi connectivity index (χ3v) is 3.98. The second-order valence-corrected chi connectivity index (χ2v) is 5.26. The lowest BCUT2D eigenvalue weighted by Crippen LogP contribution is -2.24. The van der Waals surface area contributed by atoms with E-state index in [1.807, 2.05) is 0 Å². The molecule has 1 aliphatic carbocycles. The number of aliphatic hydroxyl groups is 1. The summed E-state index contributed by atoms with van der Waals surface area (Å²) >= 11 is 0. The Hall–Kier alpha value is -1.02. The number of anilines is 1. The Morgan fingerprint density at radius 2 is 2.06 bits per heavy atom. The molecule has 0 aromatic heterocycles. The van der Waals surface area contributed by atoms with Gasteiger partial charge in [0.05, 0.1) is 6.10 Å². The molecule has 1 fully saturated rings. The zero-order valence-corrected chi connectivity index (χ0v) is 10.9. The molecule has 17 heavy (non-hydrogen) atoms. The van der Waals surface area contributed by atoms with E-state index in [4.69, 9.17) is 0 Å². The van der Waals surface area contributed by atoms with E-state index in [2.05, 4.69) is 43.1 Å². The minimum Gasteiger partial charge on any atom is -0.393 e. The number of nitrogens with zero attached hydrogens (tertiary/aromatic N) is 1. The Morgan fingerprint density at radius 1 is 1.29 bits per heavy atom. The van der Waals surface area contributed by atoms with E-state index in [1.54, 1.807) is 0 Å². The quantitative estimate of drug-likeness (QED) is 0.864. The van der Waals surface area contributed by atoms with Crippen LogP contribution in [0.3, 0.4) is 0 Å². The number of rotatable bonds is 4. The van der Waals surface area contributed by atoms with Crippen molar-refractivity contribution < 1.29 is 5.11 Å². The Bertz CT molecular complexity index is 364. The molecule has 2 nitrogen and oxygen atoms in total. The number of benzene rings is 1. The maximum absolute atomic E-state index is 9.81. The maximum Gasteiger partial charge on any atom is 0.0569 e. The molecule has 2 heteroatoms. The van der Waals surface area contributed by atoms with Crippen LogP contribution in [0.15, 0.2) is 24.3 Å². The van der Waals surface area contributed by atoms with E-state index < -0.39 is 0 Å². The van der Waals surface area contributed by atoms with Crippen LogP contribution in [0.1, 0.15) is 31.2 Å². The monoisotopic (exact) mass is 233 g/mol. The maximum atomic E-state index is 9.81. The smallest absolute Gasteiger partial charge is 0.0569 e. The summed E-state index contributed by atoms with van der Waals surface area (Å²) in [6.07, 6.45) is 4.44. The van der Waals surface area contributed by atoms with Crippen LogP contribution in [0, 0.1) is 12.8 Å². The first-order valence-corrected chi connectivity index (χ1v) is 6.63. The molecule has 1 saturated carbocycles. The third kappa shape index (κ3) is 3.01. The lowest BCUT2D eigenvalue weighted by atomic mass is 10.0. The lowest BCUT2D eigenvalue weighted by molar-refractivity contribution is 0.129. The highest BCUT2D eigenvalue weighted by molar-refractivity contribution is 5.52. The molecule has 2 atom stereocenters. The predicted molar refractivity (Wildman–Crippen MR) is 72.4 cm³/mol. The van der Waals surface area contributed by atoms with Crippen LogP contribution in [0.2, 0.25) is 0 Å². The first-order chi connectivity index (χ1) is 8.18. The van der Waals surface area contributed by atoms with Gasteiger partial charge >= 0.3 is 0 Å². The van der Waals surface area contributed by atoms with Gasteiger partial charge in [0.25, 0.3) is 0 Å². The van der Waals surface area contributed by atoms with Gasteiger partial charge in [0, 0.05) is 19.3 Å². The summed E-state index contributed by atoms with van der Waals surface area (Å²) in [7, 11) is 2.14. The minimum atomic E-state index is -0.0553. The number of para-hydroxylation sites is 1. The fourth-order valence-electron chi connectivity index (χ4n) is 2.83. The second kappa shape index (κ2) is 5.54. The molecule has 0 amide bonds. The topological polar surface area (TPSA) is 23.5 Å². The van der Waals surface area contributed by atoms with Crippen molar-refractivity contribution in [2.45, 2.75) is 38.7 Å². The Labute approximate surface area is 104 Å². The summed E-state index contributed by atoms with van der Waals surface area (Å²) in [6.45, 7) is 3.18. The standard InChI is InChI=1S/C15H23NO/c1-12-6-3-4-8-14(12)16(2)11-10-13-7-5-9-15(13)17/h3-4,6,8,13,15,17H,5,7,9-11H2,1-2H3. The van der Waals surface area contributed by atoms with Crippen molar-refractivity contribution in [1.29, 1.82) is 0 Å². The van der Waals surface area contributed by atoms with E-state index in [1.165, 1.54) is 24.1 Å². The van der Waals surface area contributed by atoms with Gasteiger partial charge in [-0.05, 0) is 43.7 Å². The van der Waals surface area contributed by atoms with Crippen LogP contribution in [-0.2, 0) is 0 Å². The molecule has 0 aliphatic heterocycles. The van der Waals surface area contributed by atoms with Crippen molar-refractivity contribution in [3.8, 4) is 0 Å². The van der Waals surface area contributed by atoms with E-state index in [0.29, 0.717) is 5.92 Å². The van der Waals surface area contributed by atoms with Gasteiger partial charge in [-0.15, -0.1) is 0 Å². The molecule has 0 heterocycles. The van der Waals surface area contributed by atoms with E-state index >= 15 is 0 Å². The molecule has 0 spiro atoms. The van der Waals surface area contributed by atoms with Crippen LogP contribution >= 0.6 is 0 Å². The first-order valence-electron chi connectivity index (χ1n) is 6.63. The Balaban J connectivity index is 1.89. The Kier molecular flexibility index (Phi) is 4.06. The highest BCUT2D eigenvalue weighted by Crippen LogP contribution is 2.29. The summed E-state index contributed by atoms with van der Waals surface area (Å²) in [5.74, 6) is 0.515. The van der Waals surface area contributed by atoms with Crippen molar-refractivity contribution in [2.24, 2.45) is 5.92 Å². The largest absolute Gasteiger partial charge is 0.393 e. The van der Waals surface area contributed by atoms with Gasteiger partial charge in [0.15, 0.2) is 0 Å². The summed E-state index contributed by atoms with van der Waals surface area (Å²) in [5.41, 5.74) is 2.63. The van der Waals surface area contributed by atoms with Gasteiger partial charge in [-0.3, -0.25) is 0 Å². The molecule has 0 bridgehead atoms. The van der Waals surface area contributed by atoms with Gasteiger partial charge in [-0.25, -0.2) is 0 Å². The molecule has 2 rings (SSSR count). The molecular formula is C15H23NO. The number of hydrogen-bond acceptors (Lipinski definition) is 2. The molecule has 1 N–H and O–H groups in total. The third-order valence-electron chi connectivity index (χ3n) is 3.98. The zero-order chi connectivity index (χ0) is 12.3. The number of aryl methyl sites for hydroxylation is 1. The van der Waals surface area contributed by atoms with Gasteiger partial charge in [-0.2, -0.15) is 0 Å². The van der Waals surface area contributed by atoms with Crippen molar-refractivity contribution in [2.75, 3.05) is 18.5 Å². The molecule has 94 valence electrons. The molecule has 1 aliphatic rings. The van der Waals surface area contributed by atoms with E-state index in [0.717, 1.165) is 19.4 Å². The highest BCUT2D eigenvalue weighted by atomic mass is 16.3. The minimum absolute atomic E-state index is 0.0553.